The predicted molar refractivity (Wildman–Crippen MR) is 111 cm³/mol. The Morgan fingerprint density at radius 2 is 1.74 bits per heavy atom. The van der Waals surface area contributed by atoms with Gasteiger partial charge in [0.05, 0.1) is 10.6 Å². The molecule has 1 amide bonds. The van der Waals surface area contributed by atoms with Crippen molar-refractivity contribution in [2.45, 2.75) is 11.4 Å². The summed E-state index contributed by atoms with van der Waals surface area (Å²) < 4.78 is 5.15. The molecule has 0 atom stereocenters. The Kier molecular flexibility index (Phi) is 7.56. The van der Waals surface area contributed by atoms with Gasteiger partial charge in [0, 0.05) is 38.3 Å². The fourth-order valence-electron chi connectivity index (χ4n) is 2.36. The largest absolute Gasteiger partial charge is 0.452 e. The minimum atomic E-state index is -0.604. The van der Waals surface area contributed by atoms with Gasteiger partial charge in [-0.15, -0.1) is 11.8 Å². The highest BCUT2D eigenvalue weighted by Gasteiger charge is 2.16. The molecule has 0 aliphatic rings. The van der Waals surface area contributed by atoms with E-state index in [4.69, 9.17) is 16.3 Å². The van der Waals surface area contributed by atoms with Crippen molar-refractivity contribution in [1.29, 1.82) is 0 Å². The van der Waals surface area contributed by atoms with E-state index in [-0.39, 0.29) is 18.1 Å². The van der Waals surface area contributed by atoms with Crippen molar-refractivity contribution >= 4 is 40.9 Å². The number of hydrogen-bond donors (Lipinski definition) is 0. The van der Waals surface area contributed by atoms with Gasteiger partial charge in [-0.1, -0.05) is 23.7 Å². The van der Waals surface area contributed by atoms with Crippen LogP contribution in [0.1, 0.15) is 15.9 Å². The van der Waals surface area contributed by atoms with Crippen molar-refractivity contribution in [2.75, 3.05) is 38.9 Å². The van der Waals surface area contributed by atoms with Gasteiger partial charge in [-0.3, -0.25) is 4.79 Å². The highest BCUT2D eigenvalue weighted by atomic mass is 35.5. The number of esters is 1. The van der Waals surface area contributed by atoms with Crippen molar-refractivity contribution in [1.82, 2.24) is 4.90 Å². The third-order valence-electron chi connectivity index (χ3n) is 4.02. The SMILES string of the molecule is CSc1ccc(Cl)c(C(=O)OCC(=O)N(C)Cc2ccc(N(C)C)cc2)c1. The number of carbonyl (C=O) groups is 2. The number of rotatable bonds is 7. The number of benzene rings is 2. The van der Waals surface area contributed by atoms with E-state index in [1.807, 2.05) is 55.6 Å². The van der Waals surface area contributed by atoms with Crippen LogP contribution < -0.4 is 4.90 Å². The van der Waals surface area contributed by atoms with E-state index in [1.54, 1.807) is 19.2 Å². The van der Waals surface area contributed by atoms with Crippen LogP contribution >= 0.6 is 23.4 Å². The summed E-state index contributed by atoms with van der Waals surface area (Å²) in [5.74, 6) is -0.884. The number of amides is 1. The van der Waals surface area contributed by atoms with Crippen LogP contribution in [0.25, 0.3) is 0 Å². The molecule has 7 heteroatoms. The molecule has 27 heavy (non-hydrogen) atoms. The Balaban J connectivity index is 1.91. The highest BCUT2D eigenvalue weighted by molar-refractivity contribution is 7.98. The first-order valence-corrected chi connectivity index (χ1v) is 9.93. The molecule has 0 radical (unpaired) electrons. The minimum Gasteiger partial charge on any atom is -0.452 e. The second-order valence-corrected chi connectivity index (χ2v) is 7.52. The van der Waals surface area contributed by atoms with Crippen LogP contribution in [0, 0.1) is 0 Å². The van der Waals surface area contributed by atoms with Crippen LogP contribution in [0.4, 0.5) is 5.69 Å². The molecule has 0 N–H and O–H groups in total. The number of anilines is 1. The molecule has 0 saturated heterocycles. The minimum absolute atomic E-state index is 0.262. The van der Waals surface area contributed by atoms with Crippen molar-refractivity contribution in [2.24, 2.45) is 0 Å². The van der Waals surface area contributed by atoms with Crippen LogP contribution in [0.15, 0.2) is 47.4 Å². The van der Waals surface area contributed by atoms with E-state index in [0.717, 1.165) is 16.1 Å². The standard InChI is InChI=1S/C20H23ClN2O3S/c1-22(2)15-7-5-14(6-8-15)12-23(3)19(24)13-26-20(25)17-11-16(27-4)9-10-18(17)21/h5-11H,12-13H2,1-4H3. The molecule has 0 unspecified atom stereocenters. The molecule has 2 rings (SSSR count). The summed E-state index contributed by atoms with van der Waals surface area (Å²) in [7, 11) is 5.62. The average molecular weight is 407 g/mol. The van der Waals surface area contributed by atoms with Gasteiger partial charge in [-0.2, -0.15) is 0 Å². The first-order valence-electron chi connectivity index (χ1n) is 8.32. The van der Waals surface area contributed by atoms with Gasteiger partial charge < -0.3 is 14.5 Å². The Bertz CT molecular complexity index is 809. The third-order valence-corrected chi connectivity index (χ3v) is 5.07. The number of thioether (sulfide) groups is 1. The smallest absolute Gasteiger partial charge is 0.340 e. The lowest BCUT2D eigenvalue weighted by Crippen LogP contribution is -2.30. The molecule has 0 spiro atoms. The van der Waals surface area contributed by atoms with Crippen molar-refractivity contribution < 1.29 is 14.3 Å². The number of carbonyl (C=O) groups excluding carboxylic acids is 2. The van der Waals surface area contributed by atoms with E-state index in [0.29, 0.717) is 11.6 Å². The Hall–Kier alpha value is -2.18. The van der Waals surface area contributed by atoms with Crippen molar-refractivity contribution in [3.05, 3.63) is 58.6 Å². The summed E-state index contributed by atoms with van der Waals surface area (Å²) in [6.07, 6.45) is 1.90. The lowest BCUT2D eigenvalue weighted by atomic mass is 10.2. The molecular formula is C20H23ClN2O3S. The van der Waals surface area contributed by atoms with E-state index >= 15 is 0 Å². The van der Waals surface area contributed by atoms with Crippen molar-refractivity contribution in [3.63, 3.8) is 0 Å². The molecule has 5 nitrogen and oxygen atoms in total. The molecule has 0 heterocycles. The molecule has 0 bridgehead atoms. The van der Waals surface area contributed by atoms with Crippen LogP contribution in [-0.2, 0) is 16.1 Å². The quantitative estimate of drug-likeness (QED) is 0.514. The van der Waals surface area contributed by atoms with Gasteiger partial charge in [0.1, 0.15) is 0 Å². The van der Waals surface area contributed by atoms with E-state index in [2.05, 4.69) is 0 Å². The molecule has 2 aromatic carbocycles. The second-order valence-electron chi connectivity index (χ2n) is 6.23. The lowest BCUT2D eigenvalue weighted by molar-refractivity contribution is -0.133. The van der Waals surface area contributed by atoms with Gasteiger partial charge in [-0.25, -0.2) is 4.79 Å². The maximum atomic E-state index is 12.3. The van der Waals surface area contributed by atoms with Gasteiger partial charge in [0.25, 0.3) is 5.91 Å². The van der Waals surface area contributed by atoms with Crippen LogP contribution in [0.3, 0.4) is 0 Å². The summed E-state index contributed by atoms with van der Waals surface area (Å²) in [6, 6.07) is 13.1. The lowest BCUT2D eigenvalue weighted by Gasteiger charge is -2.18. The molecule has 0 aliphatic heterocycles. The zero-order valence-electron chi connectivity index (χ0n) is 15.9. The Morgan fingerprint density at radius 3 is 2.33 bits per heavy atom. The van der Waals surface area contributed by atoms with E-state index in [1.165, 1.54) is 16.7 Å². The second kappa shape index (κ2) is 9.67. The maximum Gasteiger partial charge on any atom is 0.340 e. The number of likely N-dealkylation sites (N-methyl/N-ethyl adjacent to an activating group) is 1. The van der Waals surface area contributed by atoms with Gasteiger partial charge in [0.2, 0.25) is 0 Å². The third kappa shape index (κ3) is 5.91. The average Bonchev–Trinajstić information content (AvgIpc) is 2.66. The molecule has 2 aromatic rings. The highest BCUT2D eigenvalue weighted by Crippen LogP contribution is 2.23. The van der Waals surface area contributed by atoms with E-state index in [9.17, 15) is 9.59 Å². The zero-order valence-corrected chi connectivity index (χ0v) is 17.4. The molecule has 0 aliphatic carbocycles. The normalized spacial score (nSPS) is 10.4. The molecule has 0 saturated carbocycles. The number of ether oxygens (including phenoxy) is 1. The van der Waals surface area contributed by atoms with Crippen LogP contribution in [0.5, 0.6) is 0 Å². The molecule has 0 fully saturated rings. The monoisotopic (exact) mass is 406 g/mol. The summed E-state index contributed by atoms with van der Waals surface area (Å²) >= 11 is 7.56. The van der Waals surface area contributed by atoms with Gasteiger partial charge in [0.15, 0.2) is 6.61 Å². The van der Waals surface area contributed by atoms with Crippen molar-refractivity contribution in [3.8, 4) is 0 Å². The fourth-order valence-corrected chi connectivity index (χ4v) is 3.00. The predicted octanol–water partition coefficient (Wildman–Crippen LogP) is 3.94. The number of halogens is 1. The van der Waals surface area contributed by atoms with Gasteiger partial charge in [-0.05, 0) is 42.2 Å². The molecule has 0 aromatic heterocycles. The molecular weight excluding hydrogens is 384 g/mol. The topological polar surface area (TPSA) is 49.9 Å². The van der Waals surface area contributed by atoms with E-state index < -0.39 is 5.97 Å². The first kappa shape index (κ1) is 21.1. The molecule has 144 valence electrons. The first-order chi connectivity index (χ1) is 12.8. The van der Waals surface area contributed by atoms with Gasteiger partial charge >= 0.3 is 5.97 Å². The van der Waals surface area contributed by atoms with Crippen LogP contribution in [-0.4, -0.2) is 50.8 Å². The zero-order chi connectivity index (χ0) is 20.0. The summed E-state index contributed by atoms with van der Waals surface area (Å²) in [5, 5.41) is 0.305. The Labute approximate surface area is 169 Å². The summed E-state index contributed by atoms with van der Waals surface area (Å²) in [5.41, 5.74) is 2.35. The van der Waals surface area contributed by atoms with Crippen LogP contribution in [0.2, 0.25) is 5.02 Å². The Morgan fingerprint density at radius 1 is 1.07 bits per heavy atom. The maximum absolute atomic E-state index is 12.3. The number of hydrogen-bond acceptors (Lipinski definition) is 5. The fraction of sp³-hybridized carbons (Fsp3) is 0.300. The number of nitrogens with zero attached hydrogens (tertiary/aromatic N) is 2. The summed E-state index contributed by atoms with van der Waals surface area (Å²) in [4.78, 5) is 28.9. The summed E-state index contributed by atoms with van der Waals surface area (Å²) in [6.45, 7) is 0.109.